The molecule has 6 heteroatoms. The summed E-state index contributed by atoms with van der Waals surface area (Å²) in [6.45, 7) is 13.8. The van der Waals surface area contributed by atoms with Gasteiger partial charge in [-0.25, -0.2) is 0 Å². The number of nitrogens with zero attached hydrogens (tertiary/aromatic N) is 1. The third-order valence-electron chi connectivity index (χ3n) is 7.21. The Morgan fingerprint density at radius 3 is 1.91 bits per heavy atom. The van der Waals surface area contributed by atoms with Crippen molar-refractivity contribution in [2.75, 3.05) is 20.3 Å². The lowest BCUT2D eigenvalue weighted by Crippen LogP contribution is -2.44. The van der Waals surface area contributed by atoms with Gasteiger partial charge in [0.05, 0.1) is 18.7 Å². The first-order chi connectivity index (χ1) is 15.9. The van der Waals surface area contributed by atoms with Gasteiger partial charge in [-0.2, -0.15) is 0 Å². The van der Waals surface area contributed by atoms with Crippen LogP contribution >= 0.6 is 11.6 Å². The Morgan fingerprint density at radius 2 is 1.47 bits per heavy atom. The van der Waals surface area contributed by atoms with E-state index in [0.29, 0.717) is 36.0 Å². The van der Waals surface area contributed by atoms with E-state index in [0.717, 1.165) is 47.5 Å². The van der Waals surface area contributed by atoms with Gasteiger partial charge < -0.3 is 14.4 Å². The number of allylic oxidation sites excluding steroid dienone is 4. The number of hydrogen-bond donors (Lipinski definition) is 0. The predicted octanol–water partition coefficient (Wildman–Crippen LogP) is 6.45. The average molecular weight is 486 g/mol. The molecule has 1 heterocycles. The van der Waals surface area contributed by atoms with Crippen LogP contribution in [0.1, 0.15) is 78.7 Å². The van der Waals surface area contributed by atoms with Crippen LogP contribution in [0.2, 0.25) is 5.02 Å². The first kappa shape index (κ1) is 24.8. The molecule has 3 aliphatic rings. The van der Waals surface area contributed by atoms with E-state index in [4.69, 9.17) is 21.1 Å². The van der Waals surface area contributed by atoms with E-state index in [2.05, 4.69) is 39.5 Å². The lowest BCUT2D eigenvalue weighted by Gasteiger charge is -2.49. The van der Waals surface area contributed by atoms with Gasteiger partial charge in [0.25, 0.3) is 0 Å². The van der Waals surface area contributed by atoms with Gasteiger partial charge in [-0.15, -0.1) is 0 Å². The summed E-state index contributed by atoms with van der Waals surface area (Å²) < 4.78 is 11.3. The fourth-order valence-electron chi connectivity index (χ4n) is 5.98. The van der Waals surface area contributed by atoms with Crippen LogP contribution < -0.4 is 9.47 Å². The summed E-state index contributed by atoms with van der Waals surface area (Å²) in [6.07, 6.45) is 2.52. The maximum Gasteiger partial charge on any atom is 0.179 e. The smallest absolute Gasteiger partial charge is 0.179 e. The predicted molar refractivity (Wildman–Crippen MR) is 134 cm³/mol. The second-order valence-electron chi connectivity index (χ2n) is 11.2. The molecule has 1 aromatic carbocycles. The number of methoxy groups -OCH3 is 1. The van der Waals surface area contributed by atoms with Gasteiger partial charge in [0.1, 0.15) is 0 Å². The monoisotopic (exact) mass is 485 g/mol. The first-order valence-corrected chi connectivity index (χ1v) is 12.6. The Kier molecular flexibility index (Phi) is 6.39. The van der Waals surface area contributed by atoms with E-state index in [1.807, 2.05) is 19.1 Å². The van der Waals surface area contributed by atoms with E-state index in [1.54, 1.807) is 7.11 Å². The minimum absolute atomic E-state index is 0.115. The van der Waals surface area contributed by atoms with Crippen molar-refractivity contribution in [3.8, 4) is 11.5 Å². The molecule has 184 valence electrons. The second kappa shape index (κ2) is 8.75. The fourth-order valence-corrected chi connectivity index (χ4v) is 6.27. The Morgan fingerprint density at radius 1 is 0.941 bits per heavy atom. The first-order valence-electron chi connectivity index (χ1n) is 12.2. The zero-order valence-corrected chi connectivity index (χ0v) is 22.2. The van der Waals surface area contributed by atoms with E-state index in [-0.39, 0.29) is 22.4 Å². The molecule has 0 atom stereocenters. The standard InChI is InChI=1S/C28H36ClNO4/c1-8-30-18-12-27(3,4)14-20(31)24(18)23(25-19(30)13-28(5,6)15-21(25)32)16-10-17(29)26(33-7)22(11-16)34-9-2/h10-11,23H,8-9,12-15H2,1-7H3. The third-order valence-corrected chi connectivity index (χ3v) is 7.49. The van der Waals surface area contributed by atoms with E-state index in [1.165, 1.54) is 0 Å². The number of halogens is 1. The minimum atomic E-state index is -0.442. The molecule has 0 amide bonds. The molecule has 0 aromatic heterocycles. The summed E-state index contributed by atoms with van der Waals surface area (Å²) in [4.78, 5) is 29.7. The van der Waals surface area contributed by atoms with Crippen molar-refractivity contribution in [3.05, 3.63) is 45.3 Å². The Labute approximate surface area is 208 Å². The van der Waals surface area contributed by atoms with Crippen molar-refractivity contribution < 1.29 is 19.1 Å². The largest absolute Gasteiger partial charge is 0.491 e. The van der Waals surface area contributed by atoms with Gasteiger partial charge in [0.15, 0.2) is 23.1 Å². The van der Waals surface area contributed by atoms with Crippen LogP contribution in [0.4, 0.5) is 0 Å². The quantitative estimate of drug-likeness (QED) is 0.479. The van der Waals surface area contributed by atoms with Crippen LogP contribution in [0.5, 0.6) is 11.5 Å². The van der Waals surface area contributed by atoms with Crippen molar-refractivity contribution in [1.82, 2.24) is 4.90 Å². The molecule has 0 bridgehead atoms. The lowest BCUT2D eigenvalue weighted by atomic mass is 9.63. The van der Waals surface area contributed by atoms with Gasteiger partial charge in [0.2, 0.25) is 0 Å². The van der Waals surface area contributed by atoms with Crippen LogP contribution in [0.15, 0.2) is 34.7 Å². The van der Waals surface area contributed by atoms with Gasteiger partial charge in [-0.3, -0.25) is 9.59 Å². The van der Waals surface area contributed by atoms with Gasteiger partial charge in [-0.1, -0.05) is 39.3 Å². The van der Waals surface area contributed by atoms with Crippen LogP contribution in [0, 0.1) is 10.8 Å². The molecule has 4 rings (SSSR count). The number of benzene rings is 1. The highest BCUT2D eigenvalue weighted by atomic mass is 35.5. The number of Topliss-reactive ketones (excluding diaryl/α,β-unsaturated/α-hetero) is 2. The number of carbonyl (C=O) groups is 2. The summed E-state index contributed by atoms with van der Waals surface area (Å²) >= 11 is 6.64. The van der Waals surface area contributed by atoms with E-state index >= 15 is 0 Å². The number of rotatable bonds is 5. The zero-order chi connectivity index (χ0) is 25.0. The third kappa shape index (κ3) is 4.17. The van der Waals surface area contributed by atoms with Crippen LogP contribution in [0.3, 0.4) is 0 Å². The molecule has 0 saturated carbocycles. The lowest BCUT2D eigenvalue weighted by molar-refractivity contribution is -0.119. The van der Waals surface area contributed by atoms with Crippen molar-refractivity contribution in [2.24, 2.45) is 10.8 Å². The molecule has 0 N–H and O–H groups in total. The second-order valence-corrected chi connectivity index (χ2v) is 11.7. The number of ketones is 2. The molecule has 1 aromatic rings. The summed E-state index contributed by atoms with van der Waals surface area (Å²) in [5.74, 6) is 0.783. The molecule has 2 aliphatic carbocycles. The van der Waals surface area contributed by atoms with Gasteiger partial charge >= 0.3 is 0 Å². The molecule has 0 saturated heterocycles. The Balaban J connectivity index is 2.01. The van der Waals surface area contributed by atoms with Crippen LogP contribution in [-0.2, 0) is 9.59 Å². The molecule has 0 radical (unpaired) electrons. The highest BCUT2D eigenvalue weighted by Gasteiger charge is 2.48. The van der Waals surface area contributed by atoms with Crippen molar-refractivity contribution in [3.63, 3.8) is 0 Å². The SMILES string of the molecule is CCOc1cc(C2C3=C(CC(C)(C)CC3=O)N(CC)C3=C2C(=O)CC(C)(C)C3)cc(Cl)c1OC. The molecular formula is C28H36ClNO4. The molecular weight excluding hydrogens is 450 g/mol. The number of carbonyl (C=O) groups excluding carboxylic acids is 2. The molecule has 34 heavy (non-hydrogen) atoms. The van der Waals surface area contributed by atoms with Crippen molar-refractivity contribution in [2.45, 2.75) is 73.1 Å². The topological polar surface area (TPSA) is 55.8 Å². The zero-order valence-electron chi connectivity index (χ0n) is 21.4. The maximum atomic E-state index is 13.7. The fraction of sp³-hybridized carbons (Fsp3) is 0.571. The summed E-state index contributed by atoms with van der Waals surface area (Å²) in [5.41, 5.74) is 4.16. The summed E-state index contributed by atoms with van der Waals surface area (Å²) in [5, 5.41) is 0.415. The molecule has 0 spiro atoms. The van der Waals surface area contributed by atoms with E-state index in [9.17, 15) is 9.59 Å². The van der Waals surface area contributed by atoms with Crippen LogP contribution in [0.25, 0.3) is 0 Å². The Hall–Kier alpha value is -2.27. The maximum absolute atomic E-state index is 13.7. The average Bonchev–Trinajstić information content (AvgIpc) is 2.70. The van der Waals surface area contributed by atoms with Crippen molar-refractivity contribution >= 4 is 23.2 Å². The van der Waals surface area contributed by atoms with E-state index < -0.39 is 5.92 Å². The highest BCUT2D eigenvalue weighted by molar-refractivity contribution is 6.32. The molecule has 0 fully saturated rings. The highest BCUT2D eigenvalue weighted by Crippen LogP contribution is 2.55. The van der Waals surface area contributed by atoms with Crippen molar-refractivity contribution in [1.29, 1.82) is 0 Å². The van der Waals surface area contributed by atoms with Crippen LogP contribution in [-0.4, -0.2) is 36.7 Å². The molecule has 5 nitrogen and oxygen atoms in total. The molecule has 1 aliphatic heterocycles. The Bertz CT molecular complexity index is 1060. The number of hydrogen-bond acceptors (Lipinski definition) is 5. The van der Waals surface area contributed by atoms with Gasteiger partial charge in [0, 0.05) is 47.8 Å². The normalized spacial score (nSPS) is 22.1. The number of ether oxygens (including phenoxy) is 2. The molecule has 0 unspecified atom stereocenters. The van der Waals surface area contributed by atoms with Gasteiger partial charge in [-0.05, 0) is 55.2 Å². The summed E-state index contributed by atoms with van der Waals surface area (Å²) in [7, 11) is 1.56. The summed E-state index contributed by atoms with van der Waals surface area (Å²) in [6, 6.07) is 3.74. The minimum Gasteiger partial charge on any atom is -0.491 e.